The SMILES string of the molecule is CC[C@H](OC)[C@@H](C)C1O[C@@H]1C(N(CCN)Cc1ccc(Cl)cc1)C(C)(O)C=CC=C(C)[C@H]1OC(=O)C[C@H](O)CC[C@@](C)(O)[C@@H](OC(C)=O)C=C[C@@H]1C. The molecule has 1 aromatic carbocycles. The molecule has 0 saturated carbocycles. The Balaban J connectivity index is 1.96. The summed E-state index contributed by atoms with van der Waals surface area (Å²) in [6, 6.07) is 7.12. The molecule has 11 atom stereocenters. The predicted octanol–water partition coefficient (Wildman–Crippen LogP) is 4.88. The number of aliphatic hydroxyl groups is 3. The van der Waals surface area contributed by atoms with Crippen LogP contribution in [0.15, 0.2) is 60.2 Å². The van der Waals surface area contributed by atoms with Crippen LogP contribution in [0.4, 0.5) is 0 Å². The minimum absolute atomic E-state index is 0.00202. The maximum atomic E-state index is 13.0. The molecule has 292 valence electrons. The third kappa shape index (κ3) is 12.5. The van der Waals surface area contributed by atoms with Crippen LogP contribution in [0.1, 0.15) is 79.7 Å². The summed E-state index contributed by atoms with van der Waals surface area (Å²) in [5.41, 5.74) is 4.96. The molecule has 0 amide bonds. The molecule has 3 unspecified atom stereocenters. The zero-order chi connectivity index (χ0) is 38.8. The standard InChI is InChI=1S/C40H61ClN2O9/c1-9-32(49-8)27(4)36-37(52-36)38(43(22-21-42)24-29-13-15-30(41)16-14-29)40(7,48)19-10-11-25(2)35-26(3)12-17-33(50-28(5)44)39(6,47)20-18-31(45)23-34(46)51-35/h10-17,19,26-27,31-33,35-38,45,47-48H,9,18,20-24,42H2,1-8H3/t26-,27+,31+,32-,33-,35+,36?,37-,38?,39+,40?/m0/s1. The molecule has 1 fully saturated rings. The molecular formula is C40H61ClN2O9. The summed E-state index contributed by atoms with van der Waals surface area (Å²) in [5, 5.41) is 34.6. The number of carbonyl (C=O) groups is 2. The van der Waals surface area contributed by atoms with Crippen molar-refractivity contribution >= 4 is 23.5 Å². The molecule has 52 heavy (non-hydrogen) atoms. The van der Waals surface area contributed by atoms with E-state index in [4.69, 9.17) is 36.3 Å². The topological polar surface area (TPSA) is 164 Å². The van der Waals surface area contributed by atoms with Crippen molar-refractivity contribution in [3.05, 3.63) is 70.8 Å². The Labute approximate surface area is 314 Å². The molecule has 0 radical (unpaired) electrons. The average Bonchev–Trinajstić information content (AvgIpc) is 3.85. The molecule has 11 nitrogen and oxygen atoms in total. The van der Waals surface area contributed by atoms with E-state index in [-0.39, 0.29) is 43.5 Å². The highest BCUT2D eigenvalue weighted by atomic mass is 35.5. The Bertz CT molecular complexity index is 1390. The van der Waals surface area contributed by atoms with Gasteiger partial charge in [0.05, 0.1) is 36.4 Å². The van der Waals surface area contributed by atoms with Crippen molar-refractivity contribution in [2.24, 2.45) is 17.6 Å². The van der Waals surface area contributed by atoms with Crippen molar-refractivity contribution in [3.8, 4) is 0 Å². The fraction of sp³-hybridized carbons (Fsp3) is 0.650. The molecular weight excluding hydrogens is 688 g/mol. The van der Waals surface area contributed by atoms with Gasteiger partial charge in [-0.05, 0) is 69.4 Å². The third-order valence-corrected chi connectivity index (χ3v) is 10.5. The lowest BCUT2D eigenvalue weighted by molar-refractivity contribution is -0.157. The van der Waals surface area contributed by atoms with E-state index in [1.54, 1.807) is 51.3 Å². The lowest BCUT2D eigenvalue weighted by Crippen LogP contribution is -2.55. The second-order valence-electron chi connectivity index (χ2n) is 14.9. The number of cyclic esters (lactones) is 1. The molecule has 0 bridgehead atoms. The van der Waals surface area contributed by atoms with Gasteiger partial charge in [0.15, 0.2) is 0 Å². The van der Waals surface area contributed by atoms with Crippen LogP contribution in [-0.4, -0.2) is 106 Å². The quantitative estimate of drug-likeness (QED) is 0.0837. The summed E-state index contributed by atoms with van der Waals surface area (Å²) in [6.45, 7) is 13.8. The smallest absolute Gasteiger partial charge is 0.309 e. The zero-order valence-electron chi connectivity index (χ0n) is 32.0. The number of nitrogens with zero attached hydrogens (tertiary/aromatic N) is 1. The number of ether oxygens (including phenoxy) is 4. The number of methoxy groups -OCH3 is 1. The van der Waals surface area contributed by atoms with E-state index in [2.05, 4.69) is 18.7 Å². The van der Waals surface area contributed by atoms with Gasteiger partial charge in [-0.25, -0.2) is 0 Å². The van der Waals surface area contributed by atoms with Crippen molar-refractivity contribution in [2.75, 3.05) is 20.2 Å². The van der Waals surface area contributed by atoms with E-state index in [1.807, 2.05) is 38.1 Å². The Morgan fingerprint density at radius 2 is 1.90 bits per heavy atom. The highest BCUT2D eigenvalue weighted by Gasteiger charge is 2.56. The molecule has 2 heterocycles. The Morgan fingerprint density at radius 3 is 2.50 bits per heavy atom. The number of hydrogen-bond donors (Lipinski definition) is 4. The van der Waals surface area contributed by atoms with Gasteiger partial charge in [0.2, 0.25) is 0 Å². The number of carbonyl (C=O) groups excluding carboxylic acids is 2. The lowest BCUT2D eigenvalue weighted by Gasteiger charge is -2.39. The summed E-state index contributed by atoms with van der Waals surface area (Å²) < 4.78 is 23.4. The summed E-state index contributed by atoms with van der Waals surface area (Å²) in [6.07, 6.45) is 6.19. The highest BCUT2D eigenvalue weighted by Crippen LogP contribution is 2.41. The van der Waals surface area contributed by atoms with Gasteiger partial charge in [0.1, 0.15) is 23.9 Å². The molecule has 0 spiro atoms. The normalized spacial score (nSPS) is 30.5. The summed E-state index contributed by atoms with van der Waals surface area (Å²) in [7, 11) is 1.70. The fourth-order valence-electron chi connectivity index (χ4n) is 7.21. The van der Waals surface area contributed by atoms with Crippen molar-refractivity contribution in [1.29, 1.82) is 0 Å². The zero-order valence-corrected chi connectivity index (χ0v) is 32.8. The molecule has 2 aliphatic heterocycles. The monoisotopic (exact) mass is 748 g/mol. The van der Waals surface area contributed by atoms with E-state index >= 15 is 0 Å². The van der Waals surface area contributed by atoms with Crippen LogP contribution in [0.2, 0.25) is 5.02 Å². The largest absolute Gasteiger partial charge is 0.457 e. The van der Waals surface area contributed by atoms with Crippen LogP contribution in [0.25, 0.3) is 0 Å². The van der Waals surface area contributed by atoms with E-state index in [9.17, 15) is 24.9 Å². The molecule has 2 aliphatic rings. The van der Waals surface area contributed by atoms with E-state index in [0.717, 1.165) is 12.0 Å². The van der Waals surface area contributed by atoms with Crippen LogP contribution in [0.3, 0.4) is 0 Å². The molecule has 3 rings (SSSR count). The third-order valence-electron chi connectivity index (χ3n) is 10.2. The van der Waals surface area contributed by atoms with Gasteiger partial charge in [0, 0.05) is 50.5 Å². The predicted molar refractivity (Wildman–Crippen MR) is 201 cm³/mol. The first kappa shape index (κ1) is 43.8. The van der Waals surface area contributed by atoms with Gasteiger partial charge in [0.25, 0.3) is 0 Å². The van der Waals surface area contributed by atoms with Gasteiger partial charge in [-0.2, -0.15) is 0 Å². The van der Waals surface area contributed by atoms with Gasteiger partial charge in [-0.3, -0.25) is 14.5 Å². The second-order valence-corrected chi connectivity index (χ2v) is 15.3. The molecule has 0 aromatic heterocycles. The number of epoxide rings is 1. The van der Waals surface area contributed by atoms with Gasteiger partial charge in [-0.15, -0.1) is 0 Å². The lowest BCUT2D eigenvalue weighted by atomic mass is 9.85. The highest BCUT2D eigenvalue weighted by molar-refractivity contribution is 6.30. The van der Waals surface area contributed by atoms with Crippen molar-refractivity contribution in [1.82, 2.24) is 4.90 Å². The first-order valence-corrected chi connectivity index (χ1v) is 18.7. The van der Waals surface area contributed by atoms with Crippen LogP contribution >= 0.6 is 11.6 Å². The Morgan fingerprint density at radius 1 is 1.23 bits per heavy atom. The fourth-order valence-corrected chi connectivity index (χ4v) is 7.34. The number of nitrogens with two attached hydrogens (primary N) is 1. The average molecular weight is 749 g/mol. The number of benzene rings is 1. The van der Waals surface area contributed by atoms with Crippen LogP contribution in [0.5, 0.6) is 0 Å². The summed E-state index contributed by atoms with van der Waals surface area (Å²) >= 11 is 6.17. The Hall–Kier alpha value is -2.61. The number of halogens is 1. The van der Waals surface area contributed by atoms with Gasteiger partial charge >= 0.3 is 11.9 Å². The summed E-state index contributed by atoms with van der Waals surface area (Å²) in [4.78, 5) is 27.0. The number of esters is 2. The number of aliphatic hydroxyl groups excluding tert-OH is 1. The number of allylic oxidation sites excluding steroid dienone is 2. The molecule has 1 saturated heterocycles. The molecule has 1 aromatic rings. The number of hydrogen-bond acceptors (Lipinski definition) is 11. The molecule has 12 heteroatoms. The van der Waals surface area contributed by atoms with Crippen molar-refractivity contribution < 1.29 is 43.9 Å². The van der Waals surface area contributed by atoms with E-state index in [0.29, 0.717) is 30.2 Å². The minimum Gasteiger partial charge on any atom is -0.457 e. The van der Waals surface area contributed by atoms with Crippen molar-refractivity contribution in [3.63, 3.8) is 0 Å². The Kier molecular flexibility index (Phi) is 16.5. The number of rotatable bonds is 15. The maximum Gasteiger partial charge on any atom is 0.309 e. The van der Waals surface area contributed by atoms with Gasteiger partial charge < -0.3 is 40.0 Å². The van der Waals surface area contributed by atoms with Crippen LogP contribution < -0.4 is 5.73 Å². The molecule has 5 N–H and O–H groups in total. The van der Waals surface area contributed by atoms with E-state index in [1.165, 1.54) is 6.92 Å². The first-order chi connectivity index (χ1) is 24.4. The second kappa shape index (κ2) is 19.6. The first-order valence-electron chi connectivity index (χ1n) is 18.3. The van der Waals surface area contributed by atoms with Crippen molar-refractivity contribution in [2.45, 2.75) is 135 Å². The van der Waals surface area contributed by atoms with Crippen LogP contribution in [-0.2, 0) is 35.1 Å². The van der Waals surface area contributed by atoms with Crippen LogP contribution in [0, 0.1) is 11.8 Å². The van der Waals surface area contributed by atoms with Gasteiger partial charge in [-0.1, -0.05) is 68.8 Å². The summed E-state index contributed by atoms with van der Waals surface area (Å²) in [5.74, 6) is -1.44. The molecule has 0 aliphatic carbocycles. The minimum atomic E-state index is -1.47. The maximum absolute atomic E-state index is 13.0. The van der Waals surface area contributed by atoms with E-state index < -0.39 is 53.4 Å².